The van der Waals surface area contributed by atoms with Crippen LogP contribution in [-0.2, 0) is 0 Å². The van der Waals surface area contributed by atoms with Gasteiger partial charge in [0, 0.05) is 10.0 Å². The largest absolute Gasteiger partial charge is 0.384 e. The summed E-state index contributed by atoms with van der Waals surface area (Å²) in [4.78, 5) is 13.0. The fourth-order valence-electron chi connectivity index (χ4n) is 2.77. The summed E-state index contributed by atoms with van der Waals surface area (Å²) in [5.74, 6) is 0.0123. The van der Waals surface area contributed by atoms with Crippen LogP contribution < -0.4 is 11.3 Å². The molecule has 1 heterocycles. The van der Waals surface area contributed by atoms with Crippen LogP contribution >= 0.6 is 15.9 Å². The van der Waals surface area contributed by atoms with Crippen LogP contribution in [0.4, 0.5) is 5.82 Å². The van der Waals surface area contributed by atoms with Crippen molar-refractivity contribution in [3.8, 4) is 29.0 Å². The number of nitrogen functional groups attached to an aromatic ring is 1. The van der Waals surface area contributed by atoms with Crippen LogP contribution in [0.15, 0.2) is 57.8 Å². The number of aromatic nitrogens is 1. The van der Waals surface area contributed by atoms with Crippen molar-refractivity contribution in [3.63, 3.8) is 0 Å². The van der Waals surface area contributed by atoms with E-state index in [1.807, 2.05) is 25.1 Å². The molecule has 2 aromatic carbocycles. The monoisotopic (exact) mass is 404 g/mol. The fourth-order valence-corrected chi connectivity index (χ4v) is 3.03. The second kappa shape index (κ2) is 6.87. The predicted octanol–water partition coefficient (Wildman–Crippen LogP) is 3.90. The molecular formula is C20H13BrN4O. The minimum atomic E-state index is -0.550. The second-order valence-electron chi connectivity index (χ2n) is 5.72. The Labute approximate surface area is 158 Å². The van der Waals surface area contributed by atoms with Crippen molar-refractivity contribution in [2.45, 2.75) is 6.92 Å². The molecule has 3 rings (SSSR count). The highest BCUT2D eigenvalue weighted by atomic mass is 79.9. The first-order chi connectivity index (χ1) is 12.5. The van der Waals surface area contributed by atoms with Gasteiger partial charge in [-0.15, -0.1) is 0 Å². The molecule has 0 atom stereocenters. The number of nitrogens with zero attached hydrogens (tertiary/aromatic N) is 3. The van der Waals surface area contributed by atoms with Gasteiger partial charge in [-0.1, -0.05) is 45.8 Å². The van der Waals surface area contributed by atoms with Gasteiger partial charge in [0.1, 0.15) is 29.1 Å². The average molecular weight is 405 g/mol. The average Bonchev–Trinajstić information content (AvgIpc) is 2.64. The number of hydrogen-bond acceptors (Lipinski definition) is 4. The molecule has 0 amide bonds. The third kappa shape index (κ3) is 2.88. The summed E-state index contributed by atoms with van der Waals surface area (Å²) in [6.07, 6.45) is 0. The molecule has 0 aliphatic rings. The SMILES string of the molecule is Cc1ccc(-n2c(N)c(C#N)c(-c3ccc(Br)cc3)c(C#N)c2=O)cc1. The van der Waals surface area contributed by atoms with Crippen LogP contribution in [0.5, 0.6) is 0 Å². The molecule has 5 nitrogen and oxygen atoms in total. The van der Waals surface area contributed by atoms with Gasteiger partial charge in [0.2, 0.25) is 0 Å². The van der Waals surface area contributed by atoms with Crippen molar-refractivity contribution >= 4 is 21.7 Å². The summed E-state index contributed by atoms with van der Waals surface area (Å²) in [7, 11) is 0. The molecular weight excluding hydrogens is 392 g/mol. The molecule has 0 radical (unpaired) electrons. The van der Waals surface area contributed by atoms with Crippen molar-refractivity contribution in [2.75, 3.05) is 5.73 Å². The molecule has 1 aromatic heterocycles. The third-order valence-corrected chi connectivity index (χ3v) is 4.59. The molecule has 0 fully saturated rings. The normalized spacial score (nSPS) is 10.2. The highest BCUT2D eigenvalue weighted by Crippen LogP contribution is 2.31. The maximum absolute atomic E-state index is 13.0. The summed E-state index contributed by atoms with van der Waals surface area (Å²) in [6.45, 7) is 1.92. The van der Waals surface area contributed by atoms with E-state index in [1.54, 1.807) is 36.4 Å². The van der Waals surface area contributed by atoms with Crippen molar-refractivity contribution in [1.29, 1.82) is 10.5 Å². The van der Waals surface area contributed by atoms with E-state index in [2.05, 4.69) is 22.0 Å². The Balaban J connectivity index is 2.41. The van der Waals surface area contributed by atoms with Gasteiger partial charge in [-0.3, -0.25) is 9.36 Å². The van der Waals surface area contributed by atoms with Gasteiger partial charge < -0.3 is 5.73 Å². The van der Waals surface area contributed by atoms with Gasteiger partial charge in [0.15, 0.2) is 0 Å². The van der Waals surface area contributed by atoms with Gasteiger partial charge in [-0.25, -0.2) is 0 Å². The van der Waals surface area contributed by atoms with Crippen molar-refractivity contribution < 1.29 is 0 Å². The van der Waals surface area contributed by atoms with E-state index in [0.717, 1.165) is 10.0 Å². The molecule has 0 aliphatic heterocycles. The Morgan fingerprint density at radius 3 is 2.08 bits per heavy atom. The molecule has 2 N–H and O–H groups in total. The molecule has 0 bridgehead atoms. The fraction of sp³-hybridized carbons (Fsp3) is 0.0500. The molecule has 0 saturated carbocycles. The van der Waals surface area contributed by atoms with Gasteiger partial charge in [0.25, 0.3) is 5.56 Å². The van der Waals surface area contributed by atoms with E-state index in [9.17, 15) is 15.3 Å². The number of nitrogens with two attached hydrogens (primary N) is 1. The molecule has 3 aromatic rings. The first kappa shape index (κ1) is 17.5. The summed E-state index contributed by atoms with van der Waals surface area (Å²) >= 11 is 3.35. The van der Waals surface area contributed by atoms with Gasteiger partial charge >= 0.3 is 0 Å². The van der Waals surface area contributed by atoms with E-state index in [4.69, 9.17) is 5.73 Å². The first-order valence-electron chi connectivity index (χ1n) is 7.69. The summed E-state index contributed by atoms with van der Waals surface area (Å²) in [6, 6.07) is 18.2. The van der Waals surface area contributed by atoms with E-state index in [-0.39, 0.29) is 22.5 Å². The van der Waals surface area contributed by atoms with Crippen LogP contribution in [0.25, 0.3) is 16.8 Å². The van der Waals surface area contributed by atoms with Crippen molar-refractivity contribution in [1.82, 2.24) is 4.57 Å². The Hall–Kier alpha value is -3.35. The number of hydrogen-bond donors (Lipinski definition) is 1. The molecule has 0 saturated heterocycles. The van der Waals surface area contributed by atoms with E-state index in [1.165, 1.54) is 4.57 Å². The third-order valence-electron chi connectivity index (χ3n) is 4.06. The van der Waals surface area contributed by atoms with E-state index in [0.29, 0.717) is 11.3 Å². The number of aryl methyl sites for hydroxylation is 1. The number of pyridine rings is 1. The minimum Gasteiger partial charge on any atom is -0.384 e. The Morgan fingerprint density at radius 2 is 1.54 bits per heavy atom. The predicted molar refractivity (Wildman–Crippen MR) is 104 cm³/mol. The lowest BCUT2D eigenvalue weighted by molar-refractivity contribution is 0.992. The van der Waals surface area contributed by atoms with Gasteiger partial charge in [-0.2, -0.15) is 10.5 Å². The lowest BCUT2D eigenvalue weighted by atomic mass is 9.96. The number of nitriles is 2. The van der Waals surface area contributed by atoms with Crippen LogP contribution in [0, 0.1) is 29.6 Å². The Kier molecular flexibility index (Phi) is 4.62. The van der Waals surface area contributed by atoms with E-state index >= 15 is 0 Å². The van der Waals surface area contributed by atoms with Crippen molar-refractivity contribution in [3.05, 3.63) is 80.0 Å². The van der Waals surface area contributed by atoms with Crippen LogP contribution in [-0.4, -0.2) is 4.57 Å². The zero-order chi connectivity index (χ0) is 18.8. The summed E-state index contributed by atoms with van der Waals surface area (Å²) in [5.41, 5.74) is 7.99. The summed E-state index contributed by atoms with van der Waals surface area (Å²) < 4.78 is 2.05. The molecule has 6 heteroatoms. The minimum absolute atomic E-state index is 0.0123. The Morgan fingerprint density at radius 1 is 0.962 bits per heavy atom. The molecule has 0 aliphatic carbocycles. The quantitative estimate of drug-likeness (QED) is 0.700. The van der Waals surface area contributed by atoms with Gasteiger partial charge in [0.05, 0.1) is 5.69 Å². The van der Waals surface area contributed by atoms with Crippen LogP contribution in [0.1, 0.15) is 16.7 Å². The first-order valence-corrected chi connectivity index (χ1v) is 8.49. The summed E-state index contributed by atoms with van der Waals surface area (Å²) in [5, 5.41) is 19.3. The molecule has 0 unspecified atom stereocenters. The standard InChI is InChI=1S/C20H13BrN4O/c1-12-2-8-15(9-3-12)25-19(24)16(10-22)18(17(11-23)20(25)26)13-4-6-14(21)7-5-13/h2-9H,24H2,1H3. The number of halogens is 1. The molecule has 26 heavy (non-hydrogen) atoms. The Bertz CT molecular complexity index is 1130. The highest BCUT2D eigenvalue weighted by molar-refractivity contribution is 9.10. The van der Waals surface area contributed by atoms with E-state index < -0.39 is 5.56 Å². The zero-order valence-corrected chi connectivity index (χ0v) is 15.4. The topological polar surface area (TPSA) is 95.6 Å². The number of rotatable bonds is 2. The smallest absolute Gasteiger partial charge is 0.275 e. The zero-order valence-electron chi connectivity index (χ0n) is 13.8. The van der Waals surface area contributed by atoms with Gasteiger partial charge in [-0.05, 0) is 36.8 Å². The number of benzene rings is 2. The highest BCUT2D eigenvalue weighted by Gasteiger charge is 2.22. The van der Waals surface area contributed by atoms with Crippen LogP contribution in [0.3, 0.4) is 0 Å². The van der Waals surface area contributed by atoms with Crippen LogP contribution in [0.2, 0.25) is 0 Å². The maximum atomic E-state index is 13.0. The molecule has 126 valence electrons. The lowest BCUT2D eigenvalue weighted by Gasteiger charge is -2.16. The number of anilines is 1. The molecule has 0 spiro atoms. The second-order valence-corrected chi connectivity index (χ2v) is 6.63. The van der Waals surface area contributed by atoms with Crippen molar-refractivity contribution in [2.24, 2.45) is 0 Å². The maximum Gasteiger partial charge on any atom is 0.275 e. The lowest BCUT2D eigenvalue weighted by Crippen LogP contribution is -2.26.